The summed E-state index contributed by atoms with van der Waals surface area (Å²) in [5.41, 5.74) is 0.0308. The molecule has 0 spiro atoms. The van der Waals surface area contributed by atoms with E-state index < -0.39 is 17.7 Å². The molecule has 128 valence electrons. The number of carbonyl (C=O) groups excluding carboxylic acids is 2. The first kappa shape index (κ1) is 15.3. The Kier molecular flexibility index (Phi) is 3.26. The lowest BCUT2D eigenvalue weighted by Gasteiger charge is -2.38. The van der Waals surface area contributed by atoms with E-state index in [9.17, 15) is 9.59 Å². The molecule has 9 heteroatoms. The van der Waals surface area contributed by atoms with Crippen molar-refractivity contribution in [2.75, 3.05) is 6.61 Å². The summed E-state index contributed by atoms with van der Waals surface area (Å²) in [7, 11) is 0. The SMILES string of the molecule is CCOC(=O)c1nnn2c1C(=O)N[C@H]1[C@@H]3OC(C)(C)O[C@@H]3C=C[C@@H]12. The molecule has 3 heterocycles. The number of nitrogens with one attached hydrogen (secondary N) is 1. The van der Waals surface area contributed by atoms with Gasteiger partial charge < -0.3 is 19.5 Å². The molecule has 1 saturated heterocycles. The van der Waals surface area contributed by atoms with Crippen LogP contribution in [0.5, 0.6) is 0 Å². The average Bonchev–Trinajstić information content (AvgIpc) is 3.08. The summed E-state index contributed by atoms with van der Waals surface area (Å²) in [5, 5.41) is 10.7. The number of amides is 1. The Morgan fingerprint density at radius 2 is 2.21 bits per heavy atom. The number of hydrogen-bond donors (Lipinski definition) is 1. The minimum atomic E-state index is -0.724. The molecule has 1 aromatic rings. The van der Waals surface area contributed by atoms with Crippen LogP contribution in [-0.2, 0) is 14.2 Å². The molecular weight excluding hydrogens is 316 g/mol. The van der Waals surface area contributed by atoms with Crippen LogP contribution in [0.15, 0.2) is 12.2 Å². The second-order valence-electron chi connectivity index (χ2n) is 6.39. The van der Waals surface area contributed by atoms with Gasteiger partial charge in [0.05, 0.1) is 18.7 Å². The third kappa shape index (κ3) is 2.15. The van der Waals surface area contributed by atoms with E-state index in [2.05, 4.69) is 15.6 Å². The molecule has 0 saturated carbocycles. The first-order chi connectivity index (χ1) is 11.4. The Morgan fingerprint density at radius 1 is 1.42 bits per heavy atom. The van der Waals surface area contributed by atoms with Crippen molar-refractivity contribution in [2.24, 2.45) is 0 Å². The summed E-state index contributed by atoms with van der Waals surface area (Å²) >= 11 is 0. The Labute approximate surface area is 137 Å². The highest BCUT2D eigenvalue weighted by atomic mass is 16.8. The lowest BCUT2D eigenvalue weighted by Crippen LogP contribution is -2.57. The van der Waals surface area contributed by atoms with Crippen molar-refractivity contribution >= 4 is 11.9 Å². The van der Waals surface area contributed by atoms with Crippen LogP contribution in [0, 0.1) is 0 Å². The van der Waals surface area contributed by atoms with Crippen LogP contribution < -0.4 is 5.32 Å². The van der Waals surface area contributed by atoms with Crippen LogP contribution in [0.4, 0.5) is 0 Å². The third-order valence-corrected chi connectivity index (χ3v) is 4.34. The molecule has 4 rings (SSSR count). The van der Waals surface area contributed by atoms with Crippen LogP contribution in [0.1, 0.15) is 47.8 Å². The molecular formula is C15H18N4O5. The van der Waals surface area contributed by atoms with Crippen LogP contribution >= 0.6 is 0 Å². The molecule has 9 nitrogen and oxygen atoms in total. The summed E-state index contributed by atoms with van der Waals surface area (Å²) < 4.78 is 18.1. The number of aromatic nitrogens is 3. The van der Waals surface area contributed by atoms with Gasteiger partial charge in [0.25, 0.3) is 5.91 Å². The van der Waals surface area contributed by atoms with E-state index in [1.54, 1.807) is 6.92 Å². The first-order valence-electron chi connectivity index (χ1n) is 7.88. The Balaban J connectivity index is 1.72. The van der Waals surface area contributed by atoms with Gasteiger partial charge in [0.2, 0.25) is 5.69 Å². The predicted octanol–water partition coefficient (Wildman–Crippen LogP) is 0.198. The molecule has 24 heavy (non-hydrogen) atoms. The van der Waals surface area contributed by atoms with Crippen LogP contribution in [0.3, 0.4) is 0 Å². The van der Waals surface area contributed by atoms with Crippen LogP contribution in [0.2, 0.25) is 0 Å². The first-order valence-corrected chi connectivity index (χ1v) is 7.88. The Morgan fingerprint density at radius 3 is 2.96 bits per heavy atom. The van der Waals surface area contributed by atoms with E-state index in [0.717, 1.165) is 0 Å². The van der Waals surface area contributed by atoms with E-state index in [0.29, 0.717) is 0 Å². The van der Waals surface area contributed by atoms with Crippen molar-refractivity contribution < 1.29 is 23.8 Å². The zero-order valence-electron chi connectivity index (χ0n) is 13.6. The highest BCUT2D eigenvalue weighted by Crippen LogP contribution is 2.39. The van der Waals surface area contributed by atoms with E-state index in [-0.39, 0.29) is 42.3 Å². The maximum Gasteiger partial charge on any atom is 0.361 e. The fraction of sp³-hybridized carbons (Fsp3) is 0.600. The zero-order chi connectivity index (χ0) is 17.1. The lowest BCUT2D eigenvalue weighted by atomic mass is 9.90. The van der Waals surface area contributed by atoms with Gasteiger partial charge in [-0.3, -0.25) is 4.79 Å². The summed E-state index contributed by atoms with van der Waals surface area (Å²) in [6.45, 7) is 5.55. The number of fused-ring (bicyclic) bond motifs is 5. The smallest absolute Gasteiger partial charge is 0.361 e. The van der Waals surface area contributed by atoms with Gasteiger partial charge in [-0.05, 0) is 20.8 Å². The highest BCUT2D eigenvalue weighted by molar-refractivity contribution is 6.03. The molecule has 0 aromatic carbocycles. The van der Waals surface area contributed by atoms with Gasteiger partial charge in [0.1, 0.15) is 12.2 Å². The monoisotopic (exact) mass is 334 g/mol. The van der Waals surface area contributed by atoms with Crippen molar-refractivity contribution in [3.8, 4) is 0 Å². The fourth-order valence-electron chi connectivity index (χ4n) is 3.45. The quantitative estimate of drug-likeness (QED) is 0.608. The van der Waals surface area contributed by atoms with E-state index in [4.69, 9.17) is 14.2 Å². The zero-order valence-corrected chi connectivity index (χ0v) is 13.6. The lowest BCUT2D eigenvalue weighted by molar-refractivity contribution is -0.145. The predicted molar refractivity (Wildman–Crippen MR) is 79.2 cm³/mol. The van der Waals surface area contributed by atoms with Gasteiger partial charge >= 0.3 is 5.97 Å². The molecule has 1 fully saturated rings. The molecule has 3 aliphatic rings. The molecule has 2 aliphatic heterocycles. The fourth-order valence-corrected chi connectivity index (χ4v) is 3.45. The minimum Gasteiger partial charge on any atom is -0.461 e. The second kappa shape index (κ2) is 5.12. The number of carbonyl (C=O) groups is 2. The number of rotatable bonds is 2. The van der Waals surface area contributed by atoms with Gasteiger partial charge in [-0.15, -0.1) is 5.10 Å². The topological polar surface area (TPSA) is 105 Å². The van der Waals surface area contributed by atoms with Gasteiger partial charge in [0.15, 0.2) is 11.5 Å². The van der Waals surface area contributed by atoms with Crippen molar-refractivity contribution in [2.45, 2.75) is 50.8 Å². The number of nitrogens with zero attached hydrogens (tertiary/aromatic N) is 3. The maximum absolute atomic E-state index is 12.5. The molecule has 0 bridgehead atoms. The molecule has 1 N–H and O–H groups in total. The number of hydrogen-bond acceptors (Lipinski definition) is 7. The second-order valence-corrected chi connectivity index (χ2v) is 6.39. The molecule has 0 unspecified atom stereocenters. The maximum atomic E-state index is 12.5. The van der Waals surface area contributed by atoms with E-state index in [1.165, 1.54) is 4.68 Å². The van der Waals surface area contributed by atoms with Gasteiger partial charge in [-0.25, -0.2) is 9.48 Å². The minimum absolute atomic E-state index is 0.0766. The summed E-state index contributed by atoms with van der Waals surface area (Å²) in [6, 6.07) is -0.648. The number of esters is 1. The highest BCUT2D eigenvalue weighted by Gasteiger charge is 2.52. The molecule has 4 atom stereocenters. The van der Waals surface area contributed by atoms with Crippen molar-refractivity contribution in [3.05, 3.63) is 23.5 Å². The van der Waals surface area contributed by atoms with E-state index in [1.807, 2.05) is 26.0 Å². The average molecular weight is 334 g/mol. The summed E-state index contributed by atoms with van der Waals surface area (Å²) in [6.07, 6.45) is 3.22. The normalized spacial score (nSPS) is 32.5. The van der Waals surface area contributed by atoms with Gasteiger partial charge in [-0.1, -0.05) is 17.4 Å². The van der Waals surface area contributed by atoms with E-state index >= 15 is 0 Å². The molecule has 0 radical (unpaired) electrons. The standard InChI is InChI=1S/C15H18N4O5/c1-4-22-14(21)10-11-13(20)16-9-7(19(11)18-17-10)5-6-8-12(9)24-15(2,3)23-8/h5-9,12H,4H2,1-3H3,(H,16,20)/t7-,8+,9+,12+/m0/s1. The Hall–Kier alpha value is -2.26. The third-order valence-electron chi connectivity index (χ3n) is 4.34. The van der Waals surface area contributed by atoms with Gasteiger partial charge in [0, 0.05) is 0 Å². The van der Waals surface area contributed by atoms with Crippen LogP contribution in [0.25, 0.3) is 0 Å². The molecule has 1 aromatic heterocycles. The van der Waals surface area contributed by atoms with Crippen LogP contribution in [-0.4, -0.2) is 57.5 Å². The molecule has 1 aliphatic carbocycles. The van der Waals surface area contributed by atoms with Gasteiger partial charge in [-0.2, -0.15) is 0 Å². The largest absolute Gasteiger partial charge is 0.461 e. The molecule has 1 amide bonds. The summed E-state index contributed by atoms with van der Waals surface area (Å²) in [4.78, 5) is 24.5. The van der Waals surface area contributed by atoms with Crippen molar-refractivity contribution in [1.29, 1.82) is 0 Å². The van der Waals surface area contributed by atoms with Crippen molar-refractivity contribution in [3.63, 3.8) is 0 Å². The Bertz CT molecular complexity index is 740. The number of ether oxygens (including phenoxy) is 3. The summed E-state index contributed by atoms with van der Waals surface area (Å²) in [5.74, 6) is -1.81. The van der Waals surface area contributed by atoms with Crippen molar-refractivity contribution in [1.82, 2.24) is 20.3 Å².